The Hall–Kier alpha value is -1.33. The van der Waals surface area contributed by atoms with Crippen LogP contribution >= 0.6 is 0 Å². The van der Waals surface area contributed by atoms with Crippen molar-refractivity contribution in [3.05, 3.63) is 22.9 Å². The van der Waals surface area contributed by atoms with Gasteiger partial charge in [0.15, 0.2) is 0 Å². The second kappa shape index (κ2) is 3.81. The van der Waals surface area contributed by atoms with Gasteiger partial charge in [0, 0.05) is 13.1 Å². The summed E-state index contributed by atoms with van der Waals surface area (Å²) >= 11 is 0. The van der Waals surface area contributed by atoms with Crippen LogP contribution in [0.15, 0.2) is 22.9 Å². The van der Waals surface area contributed by atoms with E-state index in [1.54, 1.807) is 0 Å². The number of hydrogen-bond acceptors (Lipinski definition) is 4. The second-order valence-corrected chi connectivity index (χ2v) is 3.36. The predicted molar refractivity (Wildman–Crippen MR) is 52.9 cm³/mol. The number of nitrogens with one attached hydrogen (secondary N) is 3. The second-order valence-electron chi connectivity index (χ2n) is 3.36. The number of dihydropyridines is 1. The van der Waals surface area contributed by atoms with Crippen LogP contribution in [0.3, 0.4) is 0 Å². The number of hydrogen-bond donors (Lipinski definition) is 4. The van der Waals surface area contributed by atoms with E-state index in [1.165, 1.54) is 5.57 Å². The molecule has 0 unspecified atom stereocenters. The molecule has 5 N–H and O–H groups in total. The van der Waals surface area contributed by atoms with Gasteiger partial charge in [-0.15, -0.1) is 0 Å². The number of hydrazine groups is 1. The fraction of sp³-hybridized carbons (Fsp3) is 0.444. The molecular weight excluding hydrogens is 180 g/mol. The lowest BCUT2D eigenvalue weighted by atomic mass is 9.94. The third-order valence-electron chi connectivity index (χ3n) is 2.54. The van der Waals surface area contributed by atoms with Crippen molar-refractivity contribution in [1.29, 1.82) is 0 Å². The molecule has 0 aromatic rings. The fourth-order valence-corrected chi connectivity index (χ4v) is 1.86. The minimum atomic E-state index is -0.229. The van der Waals surface area contributed by atoms with Gasteiger partial charge >= 0.3 is 0 Å². The maximum absolute atomic E-state index is 11.4. The minimum absolute atomic E-state index is 0.229. The van der Waals surface area contributed by atoms with Gasteiger partial charge < -0.3 is 10.6 Å². The Labute approximate surface area is 82.4 Å². The van der Waals surface area contributed by atoms with E-state index in [1.807, 2.05) is 0 Å². The first-order valence-corrected chi connectivity index (χ1v) is 4.71. The van der Waals surface area contributed by atoms with Crippen molar-refractivity contribution in [2.45, 2.75) is 6.42 Å². The van der Waals surface area contributed by atoms with Gasteiger partial charge in [0.2, 0.25) is 0 Å². The van der Waals surface area contributed by atoms with E-state index < -0.39 is 0 Å². The lowest BCUT2D eigenvalue weighted by Gasteiger charge is -2.26. The van der Waals surface area contributed by atoms with Crippen molar-refractivity contribution < 1.29 is 4.79 Å². The molecule has 2 aliphatic heterocycles. The van der Waals surface area contributed by atoms with E-state index in [0.29, 0.717) is 12.2 Å². The molecule has 0 aromatic carbocycles. The zero-order valence-corrected chi connectivity index (χ0v) is 7.89. The third kappa shape index (κ3) is 1.51. The molecule has 2 rings (SSSR count). The molecule has 2 heterocycles. The number of nitrogens with two attached hydrogens (primary N) is 1. The van der Waals surface area contributed by atoms with Crippen LogP contribution in [0.25, 0.3) is 0 Å². The van der Waals surface area contributed by atoms with Gasteiger partial charge in [-0.3, -0.25) is 10.2 Å². The summed E-state index contributed by atoms with van der Waals surface area (Å²) in [6.07, 6.45) is 2.98. The molecule has 0 aromatic heterocycles. The summed E-state index contributed by atoms with van der Waals surface area (Å²) in [5.41, 5.74) is 5.10. The number of piperidine rings is 1. The summed E-state index contributed by atoms with van der Waals surface area (Å²) in [4.78, 5) is 11.4. The number of carbonyl (C=O) groups excluding carboxylic acids is 1. The zero-order valence-electron chi connectivity index (χ0n) is 7.89. The standard InChI is InChI=1S/C9H14N4O/c10-13-9(14)8-7-2-3-11-5-6(7)1-4-12-8/h1,11-12H,2-5,10H2,(H,13,14). The van der Waals surface area contributed by atoms with Crippen molar-refractivity contribution in [2.75, 3.05) is 19.6 Å². The molecule has 0 atom stereocenters. The fourth-order valence-electron chi connectivity index (χ4n) is 1.86. The maximum atomic E-state index is 11.4. The highest BCUT2D eigenvalue weighted by molar-refractivity contribution is 5.94. The summed E-state index contributed by atoms with van der Waals surface area (Å²) in [6, 6.07) is 0. The molecule has 5 heteroatoms. The Morgan fingerprint density at radius 2 is 2.43 bits per heavy atom. The summed E-state index contributed by atoms with van der Waals surface area (Å²) in [6.45, 7) is 2.46. The van der Waals surface area contributed by atoms with Gasteiger partial charge in [0.25, 0.3) is 5.91 Å². The number of rotatable bonds is 1. The Morgan fingerprint density at radius 3 is 3.21 bits per heavy atom. The van der Waals surface area contributed by atoms with Crippen molar-refractivity contribution in [2.24, 2.45) is 5.84 Å². The molecule has 0 radical (unpaired) electrons. The summed E-state index contributed by atoms with van der Waals surface area (Å²) in [5, 5.41) is 6.32. The van der Waals surface area contributed by atoms with E-state index >= 15 is 0 Å². The molecule has 2 aliphatic rings. The largest absolute Gasteiger partial charge is 0.377 e. The van der Waals surface area contributed by atoms with Gasteiger partial charge in [-0.2, -0.15) is 0 Å². The molecule has 76 valence electrons. The predicted octanol–water partition coefficient (Wildman–Crippen LogP) is -1.25. The van der Waals surface area contributed by atoms with Crippen LogP contribution in [-0.2, 0) is 4.79 Å². The lowest BCUT2D eigenvalue weighted by Crippen LogP contribution is -2.41. The molecular formula is C9H14N4O. The Bertz CT molecular complexity index is 319. The molecule has 1 saturated heterocycles. The molecule has 0 spiro atoms. The summed E-state index contributed by atoms with van der Waals surface area (Å²) in [5.74, 6) is 4.89. The highest BCUT2D eigenvalue weighted by Crippen LogP contribution is 2.22. The van der Waals surface area contributed by atoms with E-state index in [9.17, 15) is 4.79 Å². The van der Waals surface area contributed by atoms with Crippen LogP contribution in [0.2, 0.25) is 0 Å². The first kappa shape index (κ1) is 9.23. The van der Waals surface area contributed by atoms with Gasteiger partial charge in [-0.25, -0.2) is 5.84 Å². The van der Waals surface area contributed by atoms with Crippen LogP contribution in [0.4, 0.5) is 0 Å². The molecule has 1 amide bonds. The number of carbonyl (C=O) groups is 1. The van der Waals surface area contributed by atoms with E-state index in [-0.39, 0.29) is 5.91 Å². The van der Waals surface area contributed by atoms with Crippen LogP contribution < -0.4 is 21.9 Å². The number of fused-ring (bicyclic) bond motifs is 1. The minimum Gasteiger partial charge on any atom is -0.377 e. The summed E-state index contributed by atoms with van der Waals surface area (Å²) in [7, 11) is 0. The van der Waals surface area contributed by atoms with Crippen LogP contribution in [0, 0.1) is 0 Å². The van der Waals surface area contributed by atoms with E-state index in [2.05, 4.69) is 22.1 Å². The van der Waals surface area contributed by atoms with Gasteiger partial charge in [0.1, 0.15) is 5.70 Å². The van der Waals surface area contributed by atoms with Gasteiger partial charge in [-0.1, -0.05) is 6.08 Å². The highest BCUT2D eigenvalue weighted by Gasteiger charge is 2.22. The molecule has 0 saturated carbocycles. The van der Waals surface area contributed by atoms with Crippen LogP contribution in [0.1, 0.15) is 6.42 Å². The smallest absolute Gasteiger partial charge is 0.281 e. The topological polar surface area (TPSA) is 79.2 Å². The third-order valence-corrected chi connectivity index (χ3v) is 2.54. The van der Waals surface area contributed by atoms with Gasteiger partial charge in [0.05, 0.1) is 0 Å². The zero-order chi connectivity index (χ0) is 9.97. The van der Waals surface area contributed by atoms with Crippen molar-refractivity contribution in [3.8, 4) is 0 Å². The molecule has 14 heavy (non-hydrogen) atoms. The molecule has 0 aliphatic carbocycles. The molecule has 5 nitrogen and oxygen atoms in total. The van der Waals surface area contributed by atoms with E-state index in [4.69, 9.17) is 5.84 Å². The van der Waals surface area contributed by atoms with Crippen LogP contribution in [0.5, 0.6) is 0 Å². The summed E-state index contributed by atoms with van der Waals surface area (Å²) < 4.78 is 0. The average Bonchev–Trinajstić information content (AvgIpc) is 2.27. The normalized spacial score (nSPS) is 20.8. The Kier molecular flexibility index (Phi) is 2.51. The molecule has 0 bridgehead atoms. The lowest BCUT2D eigenvalue weighted by molar-refractivity contribution is -0.118. The van der Waals surface area contributed by atoms with E-state index in [0.717, 1.165) is 25.1 Å². The first-order valence-electron chi connectivity index (χ1n) is 4.71. The first-order chi connectivity index (χ1) is 6.83. The van der Waals surface area contributed by atoms with Crippen molar-refractivity contribution in [3.63, 3.8) is 0 Å². The monoisotopic (exact) mass is 194 g/mol. The maximum Gasteiger partial charge on any atom is 0.281 e. The van der Waals surface area contributed by atoms with Crippen molar-refractivity contribution >= 4 is 5.91 Å². The Balaban J connectivity index is 2.31. The molecule has 1 fully saturated rings. The average molecular weight is 194 g/mol. The quantitative estimate of drug-likeness (QED) is 0.239. The highest BCUT2D eigenvalue weighted by atomic mass is 16.2. The van der Waals surface area contributed by atoms with Crippen molar-refractivity contribution in [1.82, 2.24) is 16.1 Å². The number of amides is 1. The SMILES string of the molecule is NNC(=O)C1=C2CCNCC2=CCN1. The van der Waals surface area contributed by atoms with Gasteiger partial charge in [-0.05, 0) is 24.1 Å². The Morgan fingerprint density at radius 1 is 1.57 bits per heavy atom. The van der Waals surface area contributed by atoms with Crippen LogP contribution in [-0.4, -0.2) is 25.5 Å².